The molecule has 1 N–H and O–H groups in total. The summed E-state index contributed by atoms with van der Waals surface area (Å²) in [6, 6.07) is 9.21. The lowest BCUT2D eigenvalue weighted by atomic mass is 10.0. The van der Waals surface area contributed by atoms with Crippen LogP contribution in [0, 0.1) is 25.5 Å². The fraction of sp³-hybridized carbons (Fsp3) is 0.158. The van der Waals surface area contributed by atoms with Crippen LogP contribution in [0.4, 0.5) is 13.9 Å². The van der Waals surface area contributed by atoms with Crippen LogP contribution in [0.1, 0.15) is 16.7 Å². The monoisotopic (exact) mass is 358 g/mol. The van der Waals surface area contributed by atoms with E-state index >= 15 is 0 Å². The predicted molar refractivity (Wildman–Crippen MR) is 95.7 cm³/mol. The van der Waals surface area contributed by atoms with Crippen LogP contribution in [-0.2, 0) is 11.2 Å². The predicted octanol–water partition coefficient (Wildman–Crippen LogP) is 4.89. The molecule has 0 fully saturated rings. The van der Waals surface area contributed by atoms with Crippen LogP contribution in [0.5, 0.6) is 0 Å². The van der Waals surface area contributed by atoms with Crippen LogP contribution < -0.4 is 5.32 Å². The van der Waals surface area contributed by atoms with Crippen LogP contribution in [0.25, 0.3) is 11.3 Å². The van der Waals surface area contributed by atoms with Gasteiger partial charge in [0.1, 0.15) is 11.6 Å². The summed E-state index contributed by atoms with van der Waals surface area (Å²) in [5.74, 6) is -1.51. The van der Waals surface area contributed by atoms with E-state index in [1.54, 1.807) is 5.38 Å². The molecule has 1 aromatic heterocycles. The largest absolute Gasteiger partial charge is 0.302 e. The van der Waals surface area contributed by atoms with Crippen LogP contribution in [-0.4, -0.2) is 10.9 Å². The van der Waals surface area contributed by atoms with Gasteiger partial charge in [0.25, 0.3) is 0 Å². The third-order valence-corrected chi connectivity index (χ3v) is 4.65. The minimum absolute atomic E-state index is 0.191. The molecule has 0 unspecified atom stereocenters. The van der Waals surface area contributed by atoms with E-state index in [1.807, 2.05) is 32.0 Å². The molecule has 0 atom stereocenters. The number of amides is 1. The van der Waals surface area contributed by atoms with Gasteiger partial charge in [-0.05, 0) is 42.7 Å². The molecule has 1 heterocycles. The third kappa shape index (κ3) is 4.09. The lowest BCUT2D eigenvalue weighted by Gasteiger charge is -2.05. The van der Waals surface area contributed by atoms with Gasteiger partial charge in [-0.15, -0.1) is 11.3 Å². The Morgan fingerprint density at radius 2 is 1.92 bits per heavy atom. The molecule has 3 aromatic rings. The van der Waals surface area contributed by atoms with Gasteiger partial charge >= 0.3 is 0 Å². The second-order valence-electron chi connectivity index (χ2n) is 5.81. The number of nitrogens with one attached hydrogen (secondary N) is 1. The van der Waals surface area contributed by atoms with E-state index in [1.165, 1.54) is 29.0 Å². The third-order valence-electron chi connectivity index (χ3n) is 3.89. The highest BCUT2D eigenvalue weighted by molar-refractivity contribution is 7.14. The highest BCUT2D eigenvalue weighted by atomic mass is 32.1. The lowest BCUT2D eigenvalue weighted by molar-refractivity contribution is -0.115. The molecule has 0 radical (unpaired) electrons. The number of aromatic nitrogens is 1. The van der Waals surface area contributed by atoms with Crippen molar-refractivity contribution in [3.63, 3.8) is 0 Å². The first kappa shape index (κ1) is 17.2. The summed E-state index contributed by atoms with van der Waals surface area (Å²) in [7, 11) is 0. The standard InChI is InChI=1S/C19H16F2N2OS/c1-11-3-4-13(7-12(11)2)8-18(24)23-19-22-17(10-25-19)15-6-5-14(20)9-16(15)21/h3-7,9-10H,8H2,1-2H3,(H,22,23,24). The Kier molecular flexibility index (Phi) is 4.90. The maximum absolute atomic E-state index is 13.8. The second-order valence-corrected chi connectivity index (χ2v) is 6.66. The van der Waals surface area contributed by atoms with Gasteiger partial charge in [0.15, 0.2) is 5.13 Å². The normalized spacial score (nSPS) is 10.7. The zero-order valence-corrected chi connectivity index (χ0v) is 14.6. The van der Waals surface area contributed by atoms with Crippen molar-refractivity contribution in [2.75, 3.05) is 5.32 Å². The molecule has 0 aliphatic rings. The molecule has 128 valence electrons. The average Bonchev–Trinajstić information content (AvgIpc) is 2.99. The maximum atomic E-state index is 13.8. The molecule has 6 heteroatoms. The number of thiazole rings is 1. The number of carbonyl (C=O) groups excluding carboxylic acids is 1. The molecule has 0 aliphatic heterocycles. The van der Waals surface area contributed by atoms with Gasteiger partial charge in [-0.1, -0.05) is 18.2 Å². The summed E-state index contributed by atoms with van der Waals surface area (Å²) in [6.07, 6.45) is 0.237. The highest BCUT2D eigenvalue weighted by Gasteiger charge is 2.12. The molecule has 0 bridgehead atoms. The number of anilines is 1. The smallest absolute Gasteiger partial charge is 0.230 e. The van der Waals surface area contributed by atoms with Gasteiger partial charge in [0, 0.05) is 17.0 Å². The summed E-state index contributed by atoms with van der Waals surface area (Å²) in [4.78, 5) is 16.4. The number of rotatable bonds is 4. The van der Waals surface area contributed by atoms with E-state index in [0.717, 1.165) is 17.2 Å². The number of aryl methyl sites for hydroxylation is 2. The van der Waals surface area contributed by atoms with Gasteiger partial charge in [-0.3, -0.25) is 4.79 Å². The number of carbonyl (C=O) groups is 1. The lowest BCUT2D eigenvalue weighted by Crippen LogP contribution is -2.14. The van der Waals surface area contributed by atoms with E-state index in [4.69, 9.17) is 0 Å². The van der Waals surface area contributed by atoms with Crippen molar-refractivity contribution in [3.8, 4) is 11.3 Å². The van der Waals surface area contributed by atoms with Gasteiger partial charge in [0.05, 0.1) is 12.1 Å². The summed E-state index contributed by atoms with van der Waals surface area (Å²) in [5, 5.41) is 4.73. The van der Waals surface area contributed by atoms with Crippen molar-refractivity contribution in [2.45, 2.75) is 20.3 Å². The van der Waals surface area contributed by atoms with Gasteiger partial charge in [-0.2, -0.15) is 0 Å². The van der Waals surface area contributed by atoms with Gasteiger partial charge < -0.3 is 5.32 Å². The Bertz CT molecular complexity index is 937. The molecule has 0 saturated heterocycles. The van der Waals surface area contributed by atoms with Crippen molar-refractivity contribution >= 4 is 22.4 Å². The Labute approximate surface area is 148 Å². The van der Waals surface area contributed by atoms with E-state index in [-0.39, 0.29) is 17.9 Å². The molecule has 0 spiro atoms. The van der Waals surface area contributed by atoms with Crippen LogP contribution in [0.15, 0.2) is 41.8 Å². The SMILES string of the molecule is Cc1ccc(CC(=O)Nc2nc(-c3ccc(F)cc3F)cs2)cc1C. The van der Waals surface area contributed by atoms with E-state index < -0.39 is 11.6 Å². The minimum Gasteiger partial charge on any atom is -0.302 e. The van der Waals surface area contributed by atoms with Gasteiger partial charge in [-0.25, -0.2) is 13.8 Å². The van der Waals surface area contributed by atoms with Crippen LogP contribution in [0.3, 0.4) is 0 Å². The quantitative estimate of drug-likeness (QED) is 0.722. The van der Waals surface area contributed by atoms with Crippen molar-refractivity contribution in [3.05, 3.63) is 70.1 Å². The second kappa shape index (κ2) is 7.11. The Balaban J connectivity index is 1.70. The summed E-state index contributed by atoms with van der Waals surface area (Å²) >= 11 is 1.20. The molecule has 3 rings (SSSR count). The number of hydrogen-bond acceptors (Lipinski definition) is 3. The van der Waals surface area contributed by atoms with Crippen molar-refractivity contribution in [2.24, 2.45) is 0 Å². The van der Waals surface area contributed by atoms with Gasteiger partial charge in [0.2, 0.25) is 5.91 Å². The molecule has 0 aliphatic carbocycles. The summed E-state index contributed by atoms with van der Waals surface area (Å²) in [6.45, 7) is 4.02. The highest BCUT2D eigenvalue weighted by Crippen LogP contribution is 2.27. The van der Waals surface area contributed by atoms with Crippen molar-refractivity contribution in [1.29, 1.82) is 0 Å². The topological polar surface area (TPSA) is 42.0 Å². The first-order valence-electron chi connectivity index (χ1n) is 7.69. The Morgan fingerprint density at radius 1 is 1.12 bits per heavy atom. The van der Waals surface area contributed by atoms with Crippen LogP contribution in [0.2, 0.25) is 0 Å². The molecular weight excluding hydrogens is 342 g/mol. The first-order valence-corrected chi connectivity index (χ1v) is 8.57. The zero-order valence-electron chi connectivity index (χ0n) is 13.8. The number of nitrogens with zero attached hydrogens (tertiary/aromatic N) is 1. The summed E-state index contributed by atoms with van der Waals surface area (Å²) < 4.78 is 26.8. The molecule has 25 heavy (non-hydrogen) atoms. The van der Waals surface area contributed by atoms with E-state index in [9.17, 15) is 13.6 Å². The number of halogens is 2. The number of hydrogen-bond donors (Lipinski definition) is 1. The fourth-order valence-corrected chi connectivity index (χ4v) is 3.14. The molecular formula is C19H16F2N2OS. The molecule has 2 aromatic carbocycles. The van der Waals surface area contributed by atoms with Crippen molar-refractivity contribution in [1.82, 2.24) is 4.98 Å². The Hall–Kier alpha value is -2.60. The average molecular weight is 358 g/mol. The van der Waals surface area contributed by atoms with Crippen molar-refractivity contribution < 1.29 is 13.6 Å². The fourth-order valence-electron chi connectivity index (χ4n) is 2.41. The molecule has 0 saturated carbocycles. The minimum atomic E-state index is -0.682. The molecule has 3 nitrogen and oxygen atoms in total. The summed E-state index contributed by atoms with van der Waals surface area (Å²) in [5.41, 5.74) is 3.79. The van der Waals surface area contributed by atoms with E-state index in [0.29, 0.717) is 10.8 Å². The molecule has 1 amide bonds. The number of benzene rings is 2. The zero-order chi connectivity index (χ0) is 18.0. The maximum Gasteiger partial charge on any atom is 0.230 e. The Morgan fingerprint density at radius 3 is 2.64 bits per heavy atom. The first-order chi connectivity index (χ1) is 11.9. The van der Waals surface area contributed by atoms with Crippen LogP contribution >= 0.6 is 11.3 Å². The van der Waals surface area contributed by atoms with E-state index in [2.05, 4.69) is 10.3 Å².